The molecule has 1 heterocycles. The summed E-state index contributed by atoms with van der Waals surface area (Å²) in [5.41, 5.74) is 0.381. The van der Waals surface area contributed by atoms with E-state index in [0.717, 1.165) is 12.8 Å². The minimum atomic E-state index is -0.393. The van der Waals surface area contributed by atoms with Gasteiger partial charge in [-0.15, -0.1) is 0 Å². The lowest BCUT2D eigenvalue weighted by Crippen LogP contribution is -2.23. The second-order valence-electron chi connectivity index (χ2n) is 5.96. The molecule has 6 nitrogen and oxygen atoms in total. The molecule has 1 aliphatic rings. The Bertz CT molecular complexity index is 670. The third-order valence-corrected chi connectivity index (χ3v) is 4.58. The van der Waals surface area contributed by atoms with Gasteiger partial charge in [0.2, 0.25) is 5.88 Å². The number of hydrogen-bond donors (Lipinski definition) is 2. The highest BCUT2D eigenvalue weighted by Gasteiger charge is 2.17. The maximum absolute atomic E-state index is 12.2. The Hall–Kier alpha value is -1.47. The molecule has 23 heavy (non-hydrogen) atoms. The summed E-state index contributed by atoms with van der Waals surface area (Å²) in [4.78, 5) is 19.5. The molecule has 2 rings (SSSR count). The summed E-state index contributed by atoms with van der Waals surface area (Å²) in [6.45, 7) is 2.55. The van der Waals surface area contributed by atoms with Crippen molar-refractivity contribution < 1.29 is 9.84 Å². The van der Waals surface area contributed by atoms with Crippen LogP contribution in [0.25, 0.3) is 0 Å². The van der Waals surface area contributed by atoms with E-state index in [-0.39, 0.29) is 22.3 Å². The summed E-state index contributed by atoms with van der Waals surface area (Å²) < 4.78 is 6.69. The molecule has 0 aromatic carbocycles. The molecule has 1 fully saturated rings. The fourth-order valence-electron chi connectivity index (χ4n) is 3.00. The molecule has 1 aliphatic carbocycles. The molecule has 1 aromatic rings. The van der Waals surface area contributed by atoms with Crippen LogP contribution in [-0.2, 0) is 11.3 Å². The predicted molar refractivity (Wildman–Crippen MR) is 93.1 cm³/mol. The number of nitrogens with zero attached hydrogens (tertiary/aromatic N) is 2. The zero-order chi connectivity index (χ0) is 16.8. The Kier molecular flexibility index (Phi) is 6.53. The van der Waals surface area contributed by atoms with E-state index in [2.05, 4.69) is 4.98 Å². The Morgan fingerprint density at radius 3 is 2.65 bits per heavy atom. The SMILES string of the molecule is COCCn1c(O)c(C(C)=NC2CCCCCC2)c(=O)[nH]c1=S. The van der Waals surface area contributed by atoms with Gasteiger partial charge >= 0.3 is 0 Å². The Morgan fingerprint density at radius 1 is 1.39 bits per heavy atom. The van der Waals surface area contributed by atoms with Crippen LogP contribution in [0.4, 0.5) is 0 Å². The Balaban J connectivity index is 2.37. The number of aromatic hydroxyl groups is 1. The Labute approximate surface area is 141 Å². The summed E-state index contributed by atoms with van der Waals surface area (Å²) in [6.07, 6.45) is 6.92. The van der Waals surface area contributed by atoms with Gasteiger partial charge in [-0.05, 0) is 32.0 Å². The number of nitrogens with one attached hydrogen (secondary N) is 1. The molecular formula is C16H25N3O3S. The van der Waals surface area contributed by atoms with Crippen LogP contribution < -0.4 is 5.56 Å². The van der Waals surface area contributed by atoms with Crippen molar-refractivity contribution in [3.8, 4) is 5.88 Å². The summed E-state index contributed by atoms with van der Waals surface area (Å²) in [7, 11) is 1.58. The maximum atomic E-state index is 12.2. The smallest absolute Gasteiger partial charge is 0.264 e. The van der Waals surface area contributed by atoms with Gasteiger partial charge < -0.3 is 9.84 Å². The molecule has 0 spiro atoms. The van der Waals surface area contributed by atoms with Gasteiger partial charge in [-0.3, -0.25) is 19.3 Å². The largest absolute Gasteiger partial charge is 0.494 e. The molecule has 0 radical (unpaired) electrons. The highest BCUT2D eigenvalue weighted by atomic mass is 32.1. The summed E-state index contributed by atoms with van der Waals surface area (Å²) in [5, 5.41) is 10.5. The lowest BCUT2D eigenvalue weighted by molar-refractivity contribution is 0.182. The van der Waals surface area contributed by atoms with Crippen LogP contribution >= 0.6 is 12.2 Å². The minimum absolute atomic E-state index is 0.134. The lowest BCUT2D eigenvalue weighted by Gasteiger charge is -2.14. The number of methoxy groups -OCH3 is 1. The number of ether oxygens (including phenoxy) is 1. The van der Waals surface area contributed by atoms with Crippen molar-refractivity contribution in [1.82, 2.24) is 9.55 Å². The zero-order valence-corrected chi connectivity index (χ0v) is 14.6. The molecule has 128 valence electrons. The normalized spacial score (nSPS) is 17.2. The first-order chi connectivity index (χ1) is 11.0. The molecule has 0 aliphatic heterocycles. The van der Waals surface area contributed by atoms with Crippen LogP contribution in [0.5, 0.6) is 5.88 Å². The molecular weight excluding hydrogens is 314 g/mol. The predicted octanol–water partition coefficient (Wildman–Crippen LogP) is 2.79. The number of rotatable bonds is 5. The molecule has 0 bridgehead atoms. The van der Waals surface area contributed by atoms with Crippen LogP contribution in [0.15, 0.2) is 9.79 Å². The van der Waals surface area contributed by atoms with Gasteiger partial charge in [-0.1, -0.05) is 25.7 Å². The lowest BCUT2D eigenvalue weighted by atomic mass is 10.1. The van der Waals surface area contributed by atoms with Crippen LogP contribution in [0, 0.1) is 4.77 Å². The van der Waals surface area contributed by atoms with Gasteiger partial charge in [0, 0.05) is 7.11 Å². The van der Waals surface area contributed by atoms with Crippen molar-refractivity contribution in [3.63, 3.8) is 0 Å². The van der Waals surface area contributed by atoms with Gasteiger partial charge in [0.25, 0.3) is 5.56 Å². The summed E-state index contributed by atoms with van der Waals surface area (Å²) >= 11 is 5.12. The first-order valence-corrected chi connectivity index (χ1v) is 8.55. The fraction of sp³-hybridized carbons (Fsp3) is 0.688. The highest BCUT2D eigenvalue weighted by Crippen LogP contribution is 2.21. The molecule has 2 N–H and O–H groups in total. The molecule has 1 saturated carbocycles. The monoisotopic (exact) mass is 339 g/mol. The van der Waals surface area contributed by atoms with Gasteiger partial charge in [-0.25, -0.2) is 0 Å². The average Bonchev–Trinajstić information content (AvgIpc) is 2.75. The van der Waals surface area contributed by atoms with Gasteiger partial charge in [-0.2, -0.15) is 0 Å². The topological polar surface area (TPSA) is 79.6 Å². The minimum Gasteiger partial charge on any atom is -0.494 e. The van der Waals surface area contributed by atoms with E-state index in [4.69, 9.17) is 21.9 Å². The van der Waals surface area contributed by atoms with Crippen molar-refractivity contribution in [3.05, 3.63) is 20.7 Å². The number of aromatic amines is 1. The van der Waals surface area contributed by atoms with E-state index < -0.39 is 5.56 Å². The third-order valence-electron chi connectivity index (χ3n) is 4.25. The second kappa shape index (κ2) is 8.40. The van der Waals surface area contributed by atoms with E-state index in [1.54, 1.807) is 14.0 Å². The van der Waals surface area contributed by atoms with Crippen molar-refractivity contribution in [2.24, 2.45) is 4.99 Å². The fourth-order valence-corrected chi connectivity index (χ4v) is 3.27. The van der Waals surface area contributed by atoms with Crippen molar-refractivity contribution >= 4 is 17.9 Å². The van der Waals surface area contributed by atoms with Gasteiger partial charge in [0.15, 0.2) is 4.77 Å². The van der Waals surface area contributed by atoms with Crippen LogP contribution in [0.3, 0.4) is 0 Å². The van der Waals surface area contributed by atoms with Gasteiger partial charge in [0.05, 0.1) is 24.9 Å². The highest BCUT2D eigenvalue weighted by molar-refractivity contribution is 7.71. The Morgan fingerprint density at radius 2 is 2.04 bits per heavy atom. The van der Waals surface area contributed by atoms with Crippen LogP contribution in [0.1, 0.15) is 51.0 Å². The number of hydrogen-bond acceptors (Lipinski definition) is 5. The average molecular weight is 339 g/mol. The van der Waals surface area contributed by atoms with E-state index in [1.807, 2.05) is 0 Å². The number of aromatic nitrogens is 2. The molecule has 7 heteroatoms. The van der Waals surface area contributed by atoms with E-state index in [1.165, 1.54) is 30.3 Å². The van der Waals surface area contributed by atoms with E-state index in [9.17, 15) is 9.90 Å². The maximum Gasteiger partial charge on any atom is 0.264 e. The molecule has 0 unspecified atom stereocenters. The van der Waals surface area contributed by atoms with Crippen molar-refractivity contribution in [2.75, 3.05) is 13.7 Å². The molecule has 0 amide bonds. The van der Waals surface area contributed by atoms with E-state index in [0.29, 0.717) is 18.9 Å². The summed E-state index contributed by atoms with van der Waals surface area (Å²) in [6, 6.07) is 0.229. The van der Waals surface area contributed by atoms with Crippen LogP contribution in [-0.4, -0.2) is 40.1 Å². The zero-order valence-electron chi connectivity index (χ0n) is 13.8. The molecule has 0 saturated heterocycles. The number of aliphatic imine (C=N–C) groups is 1. The molecule has 0 atom stereocenters. The van der Waals surface area contributed by atoms with Crippen molar-refractivity contribution in [1.29, 1.82) is 0 Å². The third kappa shape index (κ3) is 4.51. The second-order valence-corrected chi connectivity index (χ2v) is 6.35. The summed E-state index contributed by atoms with van der Waals surface area (Å²) in [5.74, 6) is -0.134. The standard InChI is InChI=1S/C16H25N3O3S/c1-11(17-12-7-5-3-4-6-8-12)13-14(20)18-16(23)19(15(13)21)9-10-22-2/h12,21H,3-10H2,1-2H3,(H,18,20,23). The molecule has 1 aromatic heterocycles. The quantitative estimate of drug-likeness (QED) is 0.491. The first-order valence-electron chi connectivity index (χ1n) is 8.14. The van der Waals surface area contributed by atoms with Crippen LogP contribution in [0.2, 0.25) is 0 Å². The van der Waals surface area contributed by atoms with Crippen molar-refractivity contribution in [2.45, 2.75) is 58.0 Å². The van der Waals surface area contributed by atoms with E-state index >= 15 is 0 Å². The number of H-pyrrole nitrogens is 1. The van der Waals surface area contributed by atoms with Gasteiger partial charge in [0.1, 0.15) is 5.56 Å². The first kappa shape index (κ1) is 17.9.